The second-order valence-electron chi connectivity index (χ2n) is 8.84. The van der Waals surface area contributed by atoms with E-state index in [1.165, 1.54) is 10.4 Å². The number of aliphatic hydroxyl groups excluding tert-OH is 2. The minimum absolute atomic E-state index is 0.00605. The van der Waals surface area contributed by atoms with Gasteiger partial charge in [0, 0.05) is 37.0 Å². The highest BCUT2D eigenvalue weighted by Gasteiger charge is 2.39. The van der Waals surface area contributed by atoms with Gasteiger partial charge >= 0.3 is 0 Å². The fraction of sp³-hybridized carbons (Fsp3) is 0.609. The molecule has 9 heteroatoms. The molecular formula is C23H32N2O6S. The van der Waals surface area contributed by atoms with Crippen LogP contribution in [0.2, 0.25) is 0 Å². The van der Waals surface area contributed by atoms with E-state index in [4.69, 9.17) is 4.74 Å². The van der Waals surface area contributed by atoms with Crippen molar-refractivity contribution in [3.63, 3.8) is 0 Å². The van der Waals surface area contributed by atoms with Crippen molar-refractivity contribution in [2.24, 2.45) is 11.8 Å². The van der Waals surface area contributed by atoms with E-state index in [-0.39, 0.29) is 41.5 Å². The Kier molecular flexibility index (Phi) is 7.50. The van der Waals surface area contributed by atoms with Gasteiger partial charge in [0.1, 0.15) is 22.9 Å². The van der Waals surface area contributed by atoms with Crippen molar-refractivity contribution >= 4 is 15.9 Å². The van der Waals surface area contributed by atoms with Crippen molar-refractivity contribution in [1.82, 2.24) is 9.21 Å². The zero-order valence-electron chi connectivity index (χ0n) is 19.0. The molecular weight excluding hydrogens is 432 g/mol. The number of aliphatic hydroxyl groups is 2. The first-order valence-corrected chi connectivity index (χ1v) is 12.4. The fourth-order valence-electron chi connectivity index (χ4n) is 3.71. The molecule has 1 heterocycles. The molecule has 0 aromatic heterocycles. The Balaban J connectivity index is 2.03. The summed E-state index contributed by atoms with van der Waals surface area (Å²) in [6.07, 6.45) is 0.527. The Morgan fingerprint density at radius 2 is 2.03 bits per heavy atom. The molecule has 1 aliphatic carbocycles. The molecule has 1 aliphatic heterocycles. The monoisotopic (exact) mass is 464 g/mol. The second kappa shape index (κ2) is 9.79. The average Bonchev–Trinajstić information content (AvgIpc) is 3.58. The summed E-state index contributed by atoms with van der Waals surface area (Å²) < 4.78 is 34.4. The molecule has 2 aliphatic rings. The van der Waals surface area contributed by atoms with E-state index in [1.54, 1.807) is 37.9 Å². The first-order valence-electron chi connectivity index (χ1n) is 10.9. The molecule has 0 bridgehead atoms. The molecule has 1 aromatic carbocycles. The highest BCUT2D eigenvalue weighted by Crippen LogP contribution is 2.35. The van der Waals surface area contributed by atoms with E-state index in [0.717, 1.165) is 12.8 Å². The predicted molar refractivity (Wildman–Crippen MR) is 119 cm³/mol. The van der Waals surface area contributed by atoms with Crippen molar-refractivity contribution in [3.8, 4) is 17.6 Å². The molecule has 176 valence electrons. The lowest BCUT2D eigenvalue weighted by molar-refractivity contribution is -0.132. The van der Waals surface area contributed by atoms with Crippen molar-refractivity contribution in [2.45, 2.75) is 56.8 Å². The molecule has 0 saturated heterocycles. The molecule has 0 unspecified atom stereocenters. The fourth-order valence-corrected chi connectivity index (χ4v) is 5.54. The minimum atomic E-state index is -3.94. The molecule has 8 nitrogen and oxygen atoms in total. The van der Waals surface area contributed by atoms with Gasteiger partial charge in [0.2, 0.25) is 15.9 Å². The summed E-state index contributed by atoms with van der Waals surface area (Å²) in [5, 5.41) is 19.2. The number of likely N-dealkylation sites (N-methyl/N-ethyl adjacent to an activating group) is 1. The molecule has 1 saturated carbocycles. The number of carbonyl (C=O) groups is 1. The van der Waals surface area contributed by atoms with Crippen LogP contribution in [-0.4, -0.2) is 78.7 Å². The molecule has 0 spiro atoms. The van der Waals surface area contributed by atoms with Crippen LogP contribution < -0.4 is 4.74 Å². The maximum atomic E-state index is 13.4. The van der Waals surface area contributed by atoms with Crippen molar-refractivity contribution in [3.05, 3.63) is 23.8 Å². The third-order valence-corrected chi connectivity index (χ3v) is 7.87. The van der Waals surface area contributed by atoms with Gasteiger partial charge in [-0.25, -0.2) is 8.42 Å². The van der Waals surface area contributed by atoms with Gasteiger partial charge in [-0.3, -0.25) is 4.79 Å². The first kappa shape index (κ1) is 24.5. The molecule has 1 aromatic rings. The average molecular weight is 465 g/mol. The second-order valence-corrected chi connectivity index (χ2v) is 10.7. The van der Waals surface area contributed by atoms with E-state index in [1.807, 2.05) is 6.92 Å². The van der Waals surface area contributed by atoms with Crippen LogP contribution in [-0.2, 0) is 14.8 Å². The van der Waals surface area contributed by atoms with Gasteiger partial charge in [0.25, 0.3) is 0 Å². The van der Waals surface area contributed by atoms with E-state index in [9.17, 15) is 23.4 Å². The van der Waals surface area contributed by atoms with Gasteiger partial charge in [-0.15, -0.1) is 0 Å². The summed E-state index contributed by atoms with van der Waals surface area (Å²) in [6.45, 7) is 5.25. The summed E-state index contributed by atoms with van der Waals surface area (Å²) in [5.41, 5.74) is 0.510. The van der Waals surface area contributed by atoms with E-state index >= 15 is 0 Å². The number of benzene rings is 1. The molecule has 1 fully saturated rings. The molecule has 4 atom stereocenters. The Labute approximate surface area is 190 Å². The lowest BCUT2D eigenvalue weighted by Gasteiger charge is -2.37. The zero-order chi connectivity index (χ0) is 23.6. The van der Waals surface area contributed by atoms with Crippen LogP contribution in [0.15, 0.2) is 23.1 Å². The molecule has 1 amide bonds. The Morgan fingerprint density at radius 3 is 2.62 bits per heavy atom. The van der Waals surface area contributed by atoms with Crippen LogP contribution in [0.5, 0.6) is 5.75 Å². The van der Waals surface area contributed by atoms with Gasteiger partial charge in [0.05, 0.1) is 13.2 Å². The molecule has 32 heavy (non-hydrogen) atoms. The lowest BCUT2D eigenvalue weighted by Crippen LogP contribution is -2.50. The van der Waals surface area contributed by atoms with Crippen LogP contribution in [0.25, 0.3) is 0 Å². The highest BCUT2D eigenvalue weighted by atomic mass is 32.2. The standard InChI is InChI=1S/C23H32N2O6S/c1-15-12-25(16(2)14-26)32(29,30)22-10-7-18(6-5-17(3)27)11-20(22)31-21(15)13-24(4)23(28)19-8-9-19/h7,10-11,15-17,19,21,26-27H,8-9,12-14H2,1-4H3/t15-,16-,17-,21-/m1/s1. The van der Waals surface area contributed by atoms with E-state index in [2.05, 4.69) is 11.8 Å². The first-order chi connectivity index (χ1) is 15.0. The van der Waals surface area contributed by atoms with Crippen molar-refractivity contribution in [1.29, 1.82) is 0 Å². The Morgan fingerprint density at radius 1 is 1.34 bits per heavy atom. The van der Waals surface area contributed by atoms with Crippen LogP contribution in [0.4, 0.5) is 0 Å². The third kappa shape index (κ3) is 5.44. The van der Waals surface area contributed by atoms with Crippen molar-refractivity contribution < 1.29 is 28.2 Å². The lowest BCUT2D eigenvalue weighted by atomic mass is 10.0. The number of nitrogens with zero attached hydrogens (tertiary/aromatic N) is 2. The third-order valence-electron chi connectivity index (χ3n) is 5.85. The summed E-state index contributed by atoms with van der Waals surface area (Å²) in [7, 11) is -2.19. The number of hydrogen-bond acceptors (Lipinski definition) is 6. The molecule has 3 rings (SSSR count). The normalized spacial score (nSPS) is 24.6. The summed E-state index contributed by atoms with van der Waals surface area (Å²) in [6, 6.07) is 3.95. The van der Waals surface area contributed by atoms with E-state index in [0.29, 0.717) is 12.1 Å². The van der Waals surface area contributed by atoms with Gasteiger partial charge in [-0.2, -0.15) is 4.31 Å². The van der Waals surface area contributed by atoms with Gasteiger partial charge in [-0.1, -0.05) is 18.8 Å². The topological polar surface area (TPSA) is 107 Å². The molecule has 0 radical (unpaired) electrons. The maximum Gasteiger partial charge on any atom is 0.247 e. The number of fused-ring (bicyclic) bond motifs is 1. The Hall–Kier alpha value is -2.12. The van der Waals surface area contributed by atoms with Crippen LogP contribution in [0.1, 0.15) is 39.2 Å². The quantitative estimate of drug-likeness (QED) is 0.631. The highest BCUT2D eigenvalue weighted by molar-refractivity contribution is 7.89. The summed E-state index contributed by atoms with van der Waals surface area (Å²) in [5.74, 6) is 5.52. The maximum absolute atomic E-state index is 13.4. The van der Waals surface area contributed by atoms with Crippen LogP contribution >= 0.6 is 0 Å². The number of sulfonamides is 1. The molecule has 2 N–H and O–H groups in total. The minimum Gasteiger partial charge on any atom is -0.487 e. The van der Waals surface area contributed by atoms with Gasteiger partial charge in [-0.05, 0) is 44.9 Å². The summed E-state index contributed by atoms with van der Waals surface area (Å²) in [4.78, 5) is 14.2. The van der Waals surface area contributed by atoms with Gasteiger partial charge in [0.15, 0.2) is 0 Å². The number of hydrogen-bond donors (Lipinski definition) is 2. The number of amides is 1. The largest absolute Gasteiger partial charge is 0.487 e. The number of rotatable bonds is 5. The predicted octanol–water partition coefficient (Wildman–Crippen LogP) is 1.06. The van der Waals surface area contributed by atoms with Gasteiger partial charge < -0.3 is 19.8 Å². The summed E-state index contributed by atoms with van der Waals surface area (Å²) >= 11 is 0. The van der Waals surface area contributed by atoms with Crippen molar-refractivity contribution in [2.75, 3.05) is 26.7 Å². The van der Waals surface area contributed by atoms with Crippen LogP contribution in [0.3, 0.4) is 0 Å². The van der Waals surface area contributed by atoms with E-state index < -0.39 is 28.3 Å². The smallest absolute Gasteiger partial charge is 0.247 e. The SMILES string of the molecule is C[C@@H]1CN([C@H](C)CO)S(=O)(=O)c2ccc(C#C[C@@H](C)O)cc2O[C@@H]1CN(C)C(=O)C1CC1. The number of ether oxygens (including phenoxy) is 1. The zero-order valence-corrected chi connectivity index (χ0v) is 19.8. The Bertz CT molecular complexity index is 1010. The van der Waals surface area contributed by atoms with Crippen LogP contribution in [0, 0.1) is 23.7 Å². The number of carbonyl (C=O) groups excluding carboxylic acids is 1.